The highest BCUT2D eigenvalue weighted by molar-refractivity contribution is 5.10. The number of hydrogen-bond donors (Lipinski definition) is 1. The van der Waals surface area contributed by atoms with Gasteiger partial charge in [0.2, 0.25) is 0 Å². The fraction of sp³-hybridized carbons (Fsp3) is 0.400. The molecule has 0 bridgehead atoms. The first-order chi connectivity index (χ1) is 6.09. The first kappa shape index (κ1) is 9.86. The van der Waals surface area contributed by atoms with E-state index in [1.807, 2.05) is 19.9 Å². The van der Waals surface area contributed by atoms with Crippen LogP contribution in [0.25, 0.3) is 0 Å². The van der Waals surface area contributed by atoms with Crippen LogP contribution in [0.5, 0.6) is 0 Å². The van der Waals surface area contributed by atoms with Crippen molar-refractivity contribution in [3.05, 3.63) is 35.7 Å². The summed E-state index contributed by atoms with van der Waals surface area (Å²) in [6, 6.07) is 3.62. The van der Waals surface area contributed by atoms with Gasteiger partial charge in [-0.3, -0.25) is 0 Å². The van der Waals surface area contributed by atoms with Crippen LogP contribution in [-0.2, 0) is 0 Å². The minimum atomic E-state index is -0.578. The highest BCUT2D eigenvalue weighted by Gasteiger charge is 2.08. The van der Waals surface area contributed by atoms with Crippen LogP contribution in [0.4, 0.5) is 0 Å². The van der Waals surface area contributed by atoms with Crippen LogP contribution in [0.15, 0.2) is 24.3 Å². The van der Waals surface area contributed by atoms with Crippen molar-refractivity contribution in [3.8, 4) is 0 Å². The second-order valence-corrected chi connectivity index (χ2v) is 3.28. The van der Waals surface area contributed by atoms with Crippen molar-refractivity contribution in [3.63, 3.8) is 0 Å². The van der Waals surface area contributed by atoms with Crippen LogP contribution in [0.2, 0.25) is 0 Å². The SMILES string of the molecule is C=C(C)CC(O)c1ccc(C)nn1. The highest BCUT2D eigenvalue weighted by atomic mass is 16.3. The van der Waals surface area contributed by atoms with Gasteiger partial charge in [-0.1, -0.05) is 5.57 Å². The molecule has 0 spiro atoms. The van der Waals surface area contributed by atoms with Gasteiger partial charge in [-0.05, 0) is 32.4 Å². The largest absolute Gasteiger partial charge is 0.386 e. The van der Waals surface area contributed by atoms with Crippen molar-refractivity contribution < 1.29 is 5.11 Å². The Labute approximate surface area is 78.1 Å². The Morgan fingerprint density at radius 2 is 2.23 bits per heavy atom. The molecule has 0 aliphatic heterocycles. The Morgan fingerprint density at radius 1 is 1.54 bits per heavy atom. The molecule has 13 heavy (non-hydrogen) atoms. The van der Waals surface area contributed by atoms with E-state index in [-0.39, 0.29) is 0 Å². The molecule has 0 aromatic carbocycles. The third-order valence-corrected chi connectivity index (χ3v) is 1.70. The molecule has 1 heterocycles. The van der Waals surface area contributed by atoms with E-state index in [1.54, 1.807) is 6.07 Å². The molecule has 1 aromatic heterocycles. The number of aliphatic hydroxyl groups excluding tert-OH is 1. The number of nitrogens with zero attached hydrogens (tertiary/aromatic N) is 2. The summed E-state index contributed by atoms with van der Waals surface area (Å²) in [5, 5.41) is 17.4. The molecule has 70 valence electrons. The number of hydrogen-bond acceptors (Lipinski definition) is 3. The molecule has 1 N–H and O–H groups in total. The van der Waals surface area contributed by atoms with Crippen LogP contribution in [0.1, 0.15) is 30.8 Å². The van der Waals surface area contributed by atoms with Gasteiger partial charge in [0, 0.05) is 0 Å². The molecule has 0 aliphatic carbocycles. The molecule has 0 radical (unpaired) electrons. The second kappa shape index (κ2) is 4.14. The average molecular weight is 178 g/mol. The monoisotopic (exact) mass is 178 g/mol. The summed E-state index contributed by atoms with van der Waals surface area (Å²) in [6.45, 7) is 7.47. The molecule has 0 amide bonds. The Bertz CT molecular complexity index is 292. The Kier molecular flexibility index (Phi) is 3.14. The number of aromatic nitrogens is 2. The lowest BCUT2D eigenvalue weighted by molar-refractivity contribution is 0.172. The molecule has 0 fully saturated rings. The maximum absolute atomic E-state index is 9.62. The van der Waals surface area contributed by atoms with Crippen molar-refractivity contribution >= 4 is 0 Å². The maximum atomic E-state index is 9.62. The first-order valence-electron chi connectivity index (χ1n) is 4.22. The fourth-order valence-electron chi connectivity index (χ4n) is 1.02. The van der Waals surface area contributed by atoms with Gasteiger partial charge in [0.15, 0.2) is 0 Å². The van der Waals surface area contributed by atoms with E-state index in [1.165, 1.54) is 0 Å². The average Bonchev–Trinajstić information content (AvgIpc) is 2.04. The molecule has 1 atom stereocenters. The van der Waals surface area contributed by atoms with Gasteiger partial charge in [0.1, 0.15) is 6.10 Å². The molecular formula is C10H14N2O. The lowest BCUT2D eigenvalue weighted by Gasteiger charge is -2.08. The molecule has 3 nitrogen and oxygen atoms in total. The summed E-state index contributed by atoms with van der Waals surface area (Å²) in [5.74, 6) is 0. The zero-order valence-corrected chi connectivity index (χ0v) is 7.99. The lowest BCUT2D eigenvalue weighted by atomic mass is 10.1. The third kappa shape index (κ3) is 2.95. The standard InChI is InChI=1S/C10H14N2O/c1-7(2)6-10(13)9-5-4-8(3)11-12-9/h4-5,10,13H,1,6H2,2-3H3. The van der Waals surface area contributed by atoms with Gasteiger partial charge in [-0.15, -0.1) is 6.58 Å². The van der Waals surface area contributed by atoms with E-state index in [4.69, 9.17) is 0 Å². The summed E-state index contributed by atoms with van der Waals surface area (Å²) in [7, 11) is 0. The topological polar surface area (TPSA) is 46.0 Å². The predicted molar refractivity (Wildman–Crippen MR) is 51.2 cm³/mol. The quantitative estimate of drug-likeness (QED) is 0.718. The van der Waals surface area contributed by atoms with Crippen molar-refractivity contribution in [2.24, 2.45) is 0 Å². The molecule has 3 heteroatoms. The predicted octanol–water partition coefficient (Wildman–Crippen LogP) is 1.78. The van der Waals surface area contributed by atoms with Crippen LogP contribution < -0.4 is 0 Å². The number of aryl methyl sites for hydroxylation is 1. The van der Waals surface area contributed by atoms with E-state index >= 15 is 0 Å². The van der Waals surface area contributed by atoms with E-state index in [0.717, 1.165) is 11.3 Å². The Morgan fingerprint density at radius 3 is 2.69 bits per heavy atom. The van der Waals surface area contributed by atoms with Crippen LogP contribution in [0.3, 0.4) is 0 Å². The third-order valence-electron chi connectivity index (χ3n) is 1.70. The van der Waals surface area contributed by atoms with Crippen LogP contribution in [-0.4, -0.2) is 15.3 Å². The first-order valence-corrected chi connectivity index (χ1v) is 4.22. The van der Waals surface area contributed by atoms with Crippen LogP contribution >= 0.6 is 0 Å². The zero-order chi connectivity index (χ0) is 9.84. The summed E-state index contributed by atoms with van der Waals surface area (Å²) >= 11 is 0. The maximum Gasteiger partial charge on any atom is 0.101 e. The zero-order valence-electron chi connectivity index (χ0n) is 7.99. The summed E-state index contributed by atoms with van der Waals surface area (Å²) < 4.78 is 0. The van der Waals surface area contributed by atoms with E-state index in [9.17, 15) is 5.11 Å². The molecule has 0 aliphatic rings. The van der Waals surface area contributed by atoms with Gasteiger partial charge in [0.05, 0.1) is 11.4 Å². The molecular weight excluding hydrogens is 164 g/mol. The van der Waals surface area contributed by atoms with Crippen molar-refractivity contribution in [1.29, 1.82) is 0 Å². The minimum absolute atomic E-state index is 0.539. The van der Waals surface area contributed by atoms with Gasteiger partial charge in [-0.2, -0.15) is 10.2 Å². The molecule has 1 aromatic rings. The van der Waals surface area contributed by atoms with E-state index in [2.05, 4.69) is 16.8 Å². The lowest BCUT2D eigenvalue weighted by Crippen LogP contribution is -2.02. The van der Waals surface area contributed by atoms with Gasteiger partial charge in [-0.25, -0.2) is 0 Å². The van der Waals surface area contributed by atoms with Crippen molar-refractivity contribution in [2.75, 3.05) is 0 Å². The number of aliphatic hydroxyl groups is 1. The highest BCUT2D eigenvalue weighted by Crippen LogP contribution is 2.16. The molecule has 1 unspecified atom stereocenters. The van der Waals surface area contributed by atoms with E-state index in [0.29, 0.717) is 12.1 Å². The molecule has 0 saturated carbocycles. The fourth-order valence-corrected chi connectivity index (χ4v) is 1.02. The molecule has 1 rings (SSSR count). The van der Waals surface area contributed by atoms with Crippen molar-refractivity contribution in [1.82, 2.24) is 10.2 Å². The summed E-state index contributed by atoms with van der Waals surface area (Å²) in [5.41, 5.74) is 2.40. The second-order valence-electron chi connectivity index (χ2n) is 3.28. The number of rotatable bonds is 3. The molecule has 0 saturated heterocycles. The normalized spacial score (nSPS) is 12.5. The summed E-state index contributed by atoms with van der Waals surface area (Å²) in [4.78, 5) is 0. The van der Waals surface area contributed by atoms with Gasteiger partial charge in [0.25, 0.3) is 0 Å². The Hall–Kier alpha value is -1.22. The van der Waals surface area contributed by atoms with Gasteiger partial charge >= 0.3 is 0 Å². The summed E-state index contributed by atoms with van der Waals surface area (Å²) in [6.07, 6.45) is -0.0387. The van der Waals surface area contributed by atoms with Crippen LogP contribution in [0, 0.1) is 6.92 Å². The Balaban J connectivity index is 2.71. The van der Waals surface area contributed by atoms with Crippen molar-refractivity contribution in [2.45, 2.75) is 26.4 Å². The smallest absolute Gasteiger partial charge is 0.101 e. The van der Waals surface area contributed by atoms with Gasteiger partial charge < -0.3 is 5.11 Å². The van der Waals surface area contributed by atoms with E-state index < -0.39 is 6.10 Å². The minimum Gasteiger partial charge on any atom is -0.386 e.